The monoisotopic (exact) mass is 2830 g/mol. The number of para-hydroxylation sites is 3. The number of thiazole rings is 5. The first-order valence-electron chi connectivity index (χ1n) is 45.3. The third-order valence-corrected chi connectivity index (χ3v) is 28.7. The quantitative estimate of drug-likeness (QED) is 0.0906. The number of fused-ring (bicyclic) bond motifs is 5. The molecule has 0 saturated carbocycles. The molecule has 0 N–H and O–H groups in total. The van der Waals surface area contributed by atoms with E-state index in [0.29, 0.717) is 11.8 Å². The maximum absolute atomic E-state index is 4.80. The number of aryl methyl sites for hydroxylation is 12. The van der Waals surface area contributed by atoms with Crippen molar-refractivity contribution in [2.24, 2.45) is 0 Å². The van der Waals surface area contributed by atoms with E-state index in [1.54, 1.807) is 56.7 Å². The average molecular weight is 2820 g/mol. The molecule has 0 amide bonds. The number of rotatable bonds is 15. The van der Waals surface area contributed by atoms with E-state index >= 15 is 0 Å². The predicted octanol–water partition coefficient (Wildman–Crippen LogP) is 30.7. The zero-order valence-electron chi connectivity index (χ0n) is 80.3. The molecule has 0 atom stereocenters. The molecule has 0 fully saturated rings. The van der Waals surface area contributed by atoms with Gasteiger partial charge >= 0.3 is 0 Å². The van der Waals surface area contributed by atoms with Crippen LogP contribution >= 0.6 is 56.7 Å². The molecule has 13 aromatic carbocycles. The van der Waals surface area contributed by atoms with Crippen LogP contribution in [0.2, 0.25) is 0 Å². The summed E-state index contributed by atoms with van der Waals surface area (Å²) >= 11 is 8.52. The van der Waals surface area contributed by atoms with E-state index in [-0.39, 0.29) is 101 Å². The summed E-state index contributed by atoms with van der Waals surface area (Å²) in [6, 6.07) is 97.0. The third-order valence-electron chi connectivity index (χ3n) is 24.0. The number of benzene rings is 13. The van der Waals surface area contributed by atoms with Crippen LogP contribution in [0.25, 0.3) is 170 Å². The molecule has 5 radical (unpaired) electrons. The van der Waals surface area contributed by atoms with Crippen molar-refractivity contribution in [1.29, 1.82) is 0 Å². The number of aromatic nitrogens is 15. The molecule has 0 aliphatic rings. The fourth-order valence-electron chi connectivity index (χ4n) is 18.4. The Morgan fingerprint density at radius 3 is 0.780 bits per heavy atom. The Balaban J connectivity index is 0.000000140. The smallest absolute Gasteiger partial charge is 0.0779 e. The van der Waals surface area contributed by atoms with E-state index in [9.17, 15) is 0 Å². The van der Waals surface area contributed by atoms with E-state index in [1.807, 2.05) is 139 Å². The van der Waals surface area contributed by atoms with Crippen molar-refractivity contribution in [2.75, 3.05) is 0 Å². The molecule has 717 valence electrons. The molecule has 23 rings (SSSR count). The molecular weight excluding hydrogens is 2720 g/mol. The maximum atomic E-state index is 4.80. The summed E-state index contributed by atoms with van der Waals surface area (Å²) in [7, 11) is 0. The van der Waals surface area contributed by atoms with Crippen LogP contribution in [0.4, 0.5) is 0 Å². The van der Waals surface area contributed by atoms with Crippen molar-refractivity contribution in [3.05, 3.63) is 398 Å². The second kappa shape index (κ2) is 46.3. The summed E-state index contributed by atoms with van der Waals surface area (Å²) in [6.45, 7) is 34.2. The van der Waals surface area contributed by atoms with Crippen molar-refractivity contribution in [3.8, 4) is 119 Å². The standard InChI is InChI=1S/C29H20N3S.C25H20N3S.C23H24N3S.C20H18N3S.C19H16N3S.5Ir/c1-20-31-27-25(16-9-17-26(27)33-20)29-30-18-19-32(29)28-23(21-10-4-2-5-11-21)14-8-15-24(28)22-12-6-3-7-13-22;1-16-14-20(19-8-5-4-6-9-19)15-17(2)24(16)28-13-12-26-25(28)21-10-7-11-22-23(21)27-18(3)29-22;1-14(2)17-8-6-9-18(15(3)4)22(17)26-13-12-24-23(26)19-10-7-11-20-21(19)25-16(5)27-20;1-12-10-13(2)19(14(3)11-12)23-9-8-21-20(23)16-6-5-7-17-18(16)22-15(4)24-17;1-12-6-4-7-13(2)18(12)22-11-10-20-19(22)15-8-5-9-16-17(15)21-14(3)23-16;;;;;/h2-15,17-19H,1H3;4-9,11-15H,1-3H3;6-9,11-15H,1-5H3;5,7-11H,1-4H3;4-7,9-11H,1-3H3;;;;;/q5*-1;;;;;. The molecule has 25 heteroatoms. The van der Waals surface area contributed by atoms with Gasteiger partial charge in [0, 0.05) is 224 Å². The second-order valence-electron chi connectivity index (χ2n) is 34.4. The van der Waals surface area contributed by atoms with Gasteiger partial charge in [-0.2, -0.15) is 0 Å². The van der Waals surface area contributed by atoms with Gasteiger partial charge in [0.15, 0.2) is 0 Å². The predicted molar refractivity (Wildman–Crippen MR) is 566 cm³/mol. The summed E-state index contributed by atoms with van der Waals surface area (Å²) in [5.74, 6) is 5.25. The van der Waals surface area contributed by atoms with Crippen molar-refractivity contribution in [2.45, 2.75) is 123 Å². The van der Waals surface area contributed by atoms with Gasteiger partial charge in [0.2, 0.25) is 0 Å². The SMILES string of the molecule is Cc1cc(C)c(-n2ccnc2-c2[c-]ccc3sc(C)nc23)c(C)c1.Cc1nc2c(-c3nccn3-c3c(-c4ccccc4)cccc3-c3ccccc3)[c-]ccc2s1.Cc1nc2c(-c3nccn3-c3c(C(C)C)cccc3C(C)C)[c-]ccc2s1.Cc1nc2c(-c3nccn3-c3c(C)cc(-c4ccccc4)cc3C)[c-]ccc2s1.Cc1nc2c(-c3nccn3-c3c(C)cccc3C)[c-]ccc2s1.[Ir].[Ir].[Ir].[Ir].[Ir]. The van der Waals surface area contributed by atoms with Crippen LogP contribution in [0.15, 0.2) is 292 Å². The van der Waals surface area contributed by atoms with E-state index in [2.05, 4.69) is 337 Å². The van der Waals surface area contributed by atoms with Gasteiger partial charge in [-0.3, -0.25) is 49.8 Å². The molecule has 0 aliphatic heterocycles. The van der Waals surface area contributed by atoms with Crippen LogP contribution in [0.3, 0.4) is 0 Å². The van der Waals surface area contributed by atoms with E-state index < -0.39 is 0 Å². The second-order valence-corrected chi connectivity index (χ2v) is 40.6. The van der Waals surface area contributed by atoms with Gasteiger partial charge in [0.25, 0.3) is 0 Å². The molecule has 23 aromatic rings. The van der Waals surface area contributed by atoms with Gasteiger partial charge in [0.1, 0.15) is 0 Å². The molecule has 0 bridgehead atoms. The first-order valence-corrected chi connectivity index (χ1v) is 49.4. The Bertz CT molecular complexity index is 8170. The number of nitrogens with zero attached hydrogens (tertiary/aromatic N) is 15. The molecule has 0 saturated heterocycles. The topological polar surface area (TPSA) is 154 Å². The van der Waals surface area contributed by atoms with Crippen LogP contribution in [0.5, 0.6) is 0 Å². The van der Waals surface area contributed by atoms with E-state index in [4.69, 9.17) is 29.9 Å². The van der Waals surface area contributed by atoms with Gasteiger partial charge in [-0.25, -0.2) is 0 Å². The summed E-state index contributed by atoms with van der Waals surface area (Å²) in [5, 5.41) is 5.28. The Morgan fingerprint density at radius 2 is 0.489 bits per heavy atom. The molecule has 10 heterocycles. The van der Waals surface area contributed by atoms with Gasteiger partial charge in [0.05, 0.1) is 59.8 Å². The first kappa shape index (κ1) is 105. The van der Waals surface area contributed by atoms with Crippen LogP contribution in [-0.2, 0) is 101 Å². The minimum Gasteiger partial charge on any atom is -0.339 e. The van der Waals surface area contributed by atoms with Crippen LogP contribution in [0.1, 0.15) is 115 Å². The summed E-state index contributed by atoms with van der Waals surface area (Å²) in [5.41, 5.74) is 33.9. The van der Waals surface area contributed by atoms with Crippen molar-refractivity contribution in [3.63, 3.8) is 0 Å². The van der Waals surface area contributed by atoms with Gasteiger partial charge < -0.3 is 22.8 Å². The number of imidazole rings is 5. The van der Waals surface area contributed by atoms with Crippen LogP contribution in [-0.4, -0.2) is 72.7 Å². The molecule has 0 spiro atoms. The molecular formula is C116H98Ir5N15S5-5. The Morgan fingerprint density at radius 1 is 0.241 bits per heavy atom. The minimum atomic E-state index is 0. The zero-order chi connectivity index (χ0) is 94.1. The first-order chi connectivity index (χ1) is 66.1. The van der Waals surface area contributed by atoms with Crippen molar-refractivity contribution < 1.29 is 101 Å². The summed E-state index contributed by atoms with van der Waals surface area (Å²) < 4.78 is 16.7. The average Bonchev–Trinajstić information content (AvgIpc) is 1.59. The molecule has 15 nitrogen and oxygen atoms in total. The Labute approximate surface area is 910 Å². The van der Waals surface area contributed by atoms with E-state index in [1.165, 1.54) is 97.1 Å². The zero-order valence-corrected chi connectivity index (χ0v) is 96.3. The van der Waals surface area contributed by atoms with Crippen LogP contribution < -0.4 is 0 Å². The molecule has 141 heavy (non-hydrogen) atoms. The Kier molecular flexibility index (Phi) is 34.6. The Hall–Kier alpha value is -11.4. The van der Waals surface area contributed by atoms with E-state index in [0.717, 1.165) is 148 Å². The number of hydrogen-bond donors (Lipinski definition) is 0. The van der Waals surface area contributed by atoms with Crippen molar-refractivity contribution in [1.82, 2.24) is 72.7 Å². The maximum Gasteiger partial charge on any atom is 0.0779 e. The van der Waals surface area contributed by atoms with Crippen molar-refractivity contribution >= 4 is 108 Å². The summed E-state index contributed by atoms with van der Waals surface area (Å²) in [4.78, 5) is 47.1. The third kappa shape index (κ3) is 21.9. The number of hydrogen-bond acceptors (Lipinski definition) is 15. The fourth-order valence-corrected chi connectivity index (χ4v) is 22.6. The molecule has 0 aliphatic carbocycles. The summed E-state index contributed by atoms with van der Waals surface area (Å²) in [6.07, 6.45) is 19.4. The van der Waals surface area contributed by atoms with Gasteiger partial charge in [-0.15, -0.1) is 148 Å². The fraction of sp³-hybridized carbons (Fsp3) is 0.155. The van der Waals surface area contributed by atoms with Gasteiger partial charge in [-0.05, 0) is 197 Å². The minimum absolute atomic E-state index is 0. The largest absolute Gasteiger partial charge is 0.339 e. The van der Waals surface area contributed by atoms with Crippen LogP contribution in [0, 0.1) is 113 Å². The molecule has 10 aromatic heterocycles. The normalized spacial score (nSPS) is 11.0. The van der Waals surface area contributed by atoms with Gasteiger partial charge in [-0.1, -0.05) is 219 Å². The molecule has 0 unspecified atom stereocenters.